The van der Waals surface area contributed by atoms with Gasteiger partial charge in [-0.25, -0.2) is 4.79 Å². The second-order valence-electron chi connectivity index (χ2n) is 3.09. The van der Waals surface area contributed by atoms with Crippen molar-refractivity contribution in [2.24, 2.45) is 5.73 Å². The lowest BCUT2D eigenvalue weighted by Gasteiger charge is -2.18. The molecule has 0 aliphatic heterocycles. The first-order valence-corrected chi connectivity index (χ1v) is 5.16. The highest BCUT2D eigenvalue weighted by atomic mass is 32.1. The van der Waals surface area contributed by atoms with Crippen molar-refractivity contribution >= 4 is 23.2 Å². The van der Waals surface area contributed by atoms with Crippen LogP contribution in [0.15, 0.2) is 17.5 Å². The molecule has 3 N–H and O–H groups in total. The molecule has 1 rings (SSSR count). The average molecular weight is 228 g/mol. The van der Waals surface area contributed by atoms with Gasteiger partial charge in [0, 0.05) is 11.9 Å². The number of nitrogens with two attached hydrogens (primary N) is 1. The molecule has 1 heterocycles. The van der Waals surface area contributed by atoms with E-state index in [1.807, 2.05) is 17.5 Å². The molecule has 1 atom stereocenters. The Labute approximate surface area is 91.1 Å². The molecule has 82 valence electrons. The van der Waals surface area contributed by atoms with E-state index in [0.717, 1.165) is 4.88 Å². The number of hydrogen-bond donors (Lipinski definition) is 2. The summed E-state index contributed by atoms with van der Waals surface area (Å²) >= 11 is 1.51. The zero-order valence-electron chi connectivity index (χ0n) is 8.21. The number of likely N-dealkylation sites (N-methyl/N-ethyl adjacent to an activating group) is 1. The third-order valence-electron chi connectivity index (χ3n) is 1.88. The molecule has 0 fully saturated rings. The predicted molar refractivity (Wildman–Crippen MR) is 56.4 cm³/mol. The molecule has 1 aromatic rings. The minimum Gasteiger partial charge on any atom is -0.480 e. The molecule has 0 bridgehead atoms. The highest BCUT2D eigenvalue weighted by Crippen LogP contribution is 2.11. The minimum absolute atomic E-state index is 0.386. The third-order valence-corrected chi connectivity index (χ3v) is 2.74. The first-order chi connectivity index (χ1) is 7.02. The van der Waals surface area contributed by atoms with Crippen molar-refractivity contribution < 1.29 is 14.7 Å². The summed E-state index contributed by atoms with van der Waals surface area (Å²) in [6.45, 7) is 0.386. The molecule has 1 amide bonds. The van der Waals surface area contributed by atoms with Crippen molar-refractivity contribution in [1.82, 2.24) is 4.90 Å². The highest BCUT2D eigenvalue weighted by Gasteiger charge is 2.24. The van der Waals surface area contributed by atoms with E-state index in [1.54, 1.807) is 0 Å². The zero-order valence-corrected chi connectivity index (χ0v) is 9.03. The number of carboxylic acid groups (broad SMARTS) is 1. The van der Waals surface area contributed by atoms with Gasteiger partial charge in [-0.3, -0.25) is 4.79 Å². The number of carbonyl (C=O) groups excluding carboxylic acids is 1. The number of nitrogens with zero attached hydrogens (tertiary/aromatic N) is 1. The van der Waals surface area contributed by atoms with Gasteiger partial charge in [-0.15, -0.1) is 11.3 Å². The van der Waals surface area contributed by atoms with E-state index < -0.39 is 17.9 Å². The second kappa shape index (κ2) is 4.90. The fraction of sp³-hybridized carbons (Fsp3) is 0.333. The Kier molecular flexibility index (Phi) is 3.81. The van der Waals surface area contributed by atoms with E-state index in [2.05, 4.69) is 0 Å². The molecule has 0 aromatic carbocycles. The number of amides is 1. The van der Waals surface area contributed by atoms with Gasteiger partial charge in [0.15, 0.2) is 6.04 Å². The van der Waals surface area contributed by atoms with Crippen molar-refractivity contribution in [3.05, 3.63) is 22.4 Å². The summed E-state index contributed by atoms with van der Waals surface area (Å²) in [5, 5.41) is 10.5. The lowest BCUT2D eigenvalue weighted by Crippen LogP contribution is -2.46. The fourth-order valence-electron chi connectivity index (χ4n) is 1.06. The van der Waals surface area contributed by atoms with Crippen LogP contribution in [-0.2, 0) is 16.1 Å². The molecule has 1 aromatic heterocycles. The van der Waals surface area contributed by atoms with Crippen LogP contribution in [0.5, 0.6) is 0 Å². The van der Waals surface area contributed by atoms with Gasteiger partial charge in [0.1, 0.15) is 0 Å². The van der Waals surface area contributed by atoms with E-state index in [0.29, 0.717) is 6.54 Å². The van der Waals surface area contributed by atoms with Gasteiger partial charge >= 0.3 is 5.97 Å². The molecular formula is C9H12N2O3S. The summed E-state index contributed by atoms with van der Waals surface area (Å²) in [6.07, 6.45) is 0. The zero-order chi connectivity index (χ0) is 11.4. The Hall–Kier alpha value is -1.40. The van der Waals surface area contributed by atoms with Crippen LogP contribution < -0.4 is 5.73 Å². The Morgan fingerprint density at radius 1 is 1.67 bits per heavy atom. The monoisotopic (exact) mass is 228 g/mol. The molecule has 0 saturated heterocycles. The SMILES string of the molecule is CN(Cc1cccs1)C(=O)C(N)C(=O)O. The highest BCUT2D eigenvalue weighted by molar-refractivity contribution is 7.09. The van der Waals surface area contributed by atoms with Gasteiger partial charge in [0.25, 0.3) is 5.91 Å². The van der Waals surface area contributed by atoms with Gasteiger partial charge < -0.3 is 15.7 Å². The van der Waals surface area contributed by atoms with Crippen LogP contribution in [-0.4, -0.2) is 35.0 Å². The van der Waals surface area contributed by atoms with E-state index in [4.69, 9.17) is 10.8 Å². The normalized spacial score (nSPS) is 12.1. The maximum absolute atomic E-state index is 11.4. The van der Waals surface area contributed by atoms with Crippen molar-refractivity contribution in [2.75, 3.05) is 7.05 Å². The molecule has 15 heavy (non-hydrogen) atoms. The van der Waals surface area contributed by atoms with Crippen LogP contribution in [0.2, 0.25) is 0 Å². The number of aliphatic carboxylic acids is 1. The Morgan fingerprint density at radius 2 is 2.33 bits per heavy atom. The summed E-state index contributed by atoms with van der Waals surface area (Å²) in [6, 6.07) is 2.27. The van der Waals surface area contributed by atoms with Crippen LogP contribution in [0.4, 0.5) is 0 Å². The summed E-state index contributed by atoms with van der Waals surface area (Å²) in [4.78, 5) is 24.2. The molecule has 0 spiro atoms. The van der Waals surface area contributed by atoms with Crippen LogP contribution in [0.25, 0.3) is 0 Å². The summed E-state index contributed by atoms with van der Waals surface area (Å²) in [5.41, 5.74) is 5.20. The minimum atomic E-state index is -1.48. The quantitative estimate of drug-likeness (QED) is 0.717. The third kappa shape index (κ3) is 3.03. The Morgan fingerprint density at radius 3 is 2.80 bits per heavy atom. The van der Waals surface area contributed by atoms with E-state index in [9.17, 15) is 9.59 Å². The Balaban J connectivity index is 2.57. The molecule has 0 aliphatic carbocycles. The number of hydrogen-bond acceptors (Lipinski definition) is 4. The maximum atomic E-state index is 11.4. The molecule has 0 aliphatic rings. The van der Waals surface area contributed by atoms with Gasteiger partial charge in [-0.05, 0) is 11.4 Å². The van der Waals surface area contributed by atoms with Crippen LogP contribution in [0.1, 0.15) is 4.88 Å². The van der Waals surface area contributed by atoms with Crippen molar-refractivity contribution in [3.8, 4) is 0 Å². The Bertz CT molecular complexity index is 350. The average Bonchev–Trinajstić information content (AvgIpc) is 2.67. The van der Waals surface area contributed by atoms with Gasteiger partial charge in [-0.2, -0.15) is 0 Å². The van der Waals surface area contributed by atoms with Gasteiger partial charge in [0.05, 0.1) is 6.54 Å². The smallest absolute Gasteiger partial charge is 0.330 e. The lowest BCUT2D eigenvalue weighted by atomic mass is 10.3. The summed E-state index contributed by atoms with van der Waals surface area (Å²) in [5.74, 6) is -1.89. The molecule has 6 heteroatoms. The van der Waals surface area contributed by atoms with Crippen molar-refractivity contribution in [2.45, 2.75) is 12.6 Å². The number of carboxylic acids is 1. The fourth-order valence-corrected chi connectivity index (χ4v) is 1.81. The van der Waals surface area contributed by atoms with Crippen LogP contribution >= 0.6 is 11.3 Å². The van der Waals surface area contributed by atoms with E-state index in [1.165, 1.54) is 23.3 Å². The van der Waals surface area contributed by atoms with Crippen molar-refractivity contribution in [3.63, 3.8) is 0 Å². The standard InChI is InChI=1S/C9H12N2O3S/c1-11(5-6-3-2-4-15-6)8(12)7(10)9(13)14/h2-4,7H,5,10H2,1H3,(H,13,14). The molecule has 0 saturated carbocycles. The van der Waals surface area contributed by atoms with Crippen LogP contribution in [0, 0.1) is 0 Å². The van der Waals surface area contributed by atoms with Crippen LogP contribution in [0.3, 0.4) is 0 Å². The molecule has 5 nitrogen and oxygen atoms in total. The summed E-state index contributed by atoms with van der Waals surface area (Å²) < 4.78 is 0. The summed E-state index contributed by atoms with van der Waals surface area (Å²) in [7, 11) is 1.53. The second-order valence-corrected chi connectivity index (χ2v) is 4.12. The van der Waals surface area contributed by atoms with Gasteiger partial charge in [0.2, 0.25) is 0 Å². The number of rotatable bonds is 4. The molecular weight excluding hydrogens is 216 g/mol. The predicted octanol–water partition coefficient (Wildman–Crippen LogP) is 0.118. The van der Waals surface area contributed by atoms with E-state index in [-0.39, 0.29) is 0 Å². The topological polar surface area (TPSA) is 83.6 Å². The number of thiophene rings is 1. The molecule has 0 radical (unpaired) electrons. The first-order valence-electron chi connectivity index (χ1n) is 4.28. The lowest BCUT2D eigenvalue weighted by molar-refractivity contribution is -0.146. The van der Waals surface area contributed by atoms with Gasteiger partial charge in [-0.1, -0.05) is 6.07 Å². The first kappa shape index (κ1) is 11.7. The molecule has 1 unspecified atom stereocenters. The number of carbonyl (C=O) groups is 2. The van der Waals surface area contributed by atoms with Crippen molar-refractivity contribution in [1.29, 1.82) is 0 Å². The maximum Gasteiger partial charge on any atom is 0.330 e. The van der Waals surface area contributed by atoms with E-state index >= 15 is 0 Å². The largest absolute Gasteiger partial charge is 0.480 e.